The maximum absolute atomic E-state index is 12.8. The molecule has 4 heteroatoms. The van der Waals surface area contributed by atoms with Crippen molar-refractivity contribution >= 4 is 5.91 Å². The first kappa shape index (κ1) is 43.5. The lowest BCUT2D eigenvalue weighted by Gasteiger charge is -2.35. The van der Waals surface area contributed by atoms with Crippen LogP contribution in [-0.4, -0.2) is 50.7 Å². The van der Waals surface area contributed by atoms with E-state index >= 15 is 0 Å². The molecule has 274 valence electrons. The molecule has 0 saturated heterocycles. The van der Waals surface area contributed by atoms with Crippen LogP contribution < -0.4 is 10.1 Å². The minimum absolute atomic E-state index is 0.0205. The van der Waals surface area contributed by atoms with E-state index in [0.717, 1.165) is 23.3 Å². The van der Waals surface area contributed by atoms with E-state index in [1.54, 1.807) is 7.11 Å². The molecule has 47 heavy (non-hydrogen) atoms. The minimum Gasteiger partial charge on any atom is -0.497 e. The Balaban J connectivity index is 2.27. The van der Waals surface area contributed by atoms with E-state index in [4.69, 9.17) is 4.74 Å². The summed E-state index contributed by atoms with van der Waals surface area (Å²) in [5.74, 6) is 0.805. The number of unbranched alkanes of at least 4 members (excludes halogenated alkanes) is 26. The van der Waals surface area contributed by atoms with Gasteiger partial charge in [0.2, 0.25) is 0 Å². The molecule has 0 saturated carbocycles. The van der Waals surface area contributed by atoms with Crippen molar-refractivity contribution in [3.63, 3.8) is 0 Å². The summed E-state index contributed by atoms with van der Waals surface area (Å²) >= 11 is 0. The summed E-state index contributed by atoms with van der Waals surface area (Å²) in [7, 11) is 4.09. The van der Waals surface area contributed by atoms with Crippen LogP contribution in [0.2, 0.25) is 0 Å². The fourth-order valence-electron chi connectivity index (χ4n) is 7.00. The van der Waals surface area contributed by atoms with E-state index in [1.807, 2.05) is 24.3 Å². The van der Waals surface area contributed by atoms with Gasteiger partial charge < -0.3 is 14.5 Å². The highest BCUT2D eigenvalue weighted by atomic mass is 16.5. The molecule has 1 rings (SSSR count). The van der Waals surface area contributed by atoms with Crippen molar-refractivity contribution in [2.45, 2.75) is 194 Å². The van der Waals surface area contributed by atoms with Crippen LogP contribution in [0.25, 0.3) is 0 Å². The predicted octanol–water partition coefficient (Wildman–Crippen LogP) is 12.8. The van der Waals surface area contributed by atoms with Gasteiger partial charge in [0.05, 0.1) is 40.3 Å². The standard InChI is InChI=1S/C43H80N2O2/c1-5-7-9-11-13-15-17-19-21-23-25-27-29-31-38-45(3,40-37-44-43(46)41-33-35-42(47-4)36-34-41)39-32-30-28-26-24-22-20-18-16-14-12-10-8-6-2/h33-36H,5-32,37-40H2,1-4H3/p+1. The van der Waals surface area contributed by atoms with Gasteiger partial charge in [0.1, 0.15) is 5.75 Å². The highest BCUT2D eigenvalue weighted by molar-refractivity contribution is 5.94. The Morgan fingerprint density at radius 1 is 0.511 bits per heavy atom. The summed E-state index contributed by atoms with van der Waals surface area (Å²) < 4.78 is 6.33. The number of hydrogen-bond acceptors (Lipinski definition) is 2. The second kappa shape index (κ2) is 31.7. The van der Waals surface area contributed by atoms with Gasteiger partial charge in [-0.2, -0.15) is 0 Å². The second-order valence-electron chi connectivity index (χ2n) is 15.0. The van der Waals surface area contributed by atoms with Crippen molar-refractivity contribution in [1.82, 2.24) is 5.32 Å². The average Bonchev–Trinajstić information content (AvgIpc) is 3.08. The zero-order valence-corrected chi connectivity index (χ0v) is 32.2. The number of rotatable bonds is 35. The molecule has 1 N–H and O–H groups in total. The van der Waals surface area contributed by atoms with Gasteiger partial charge in [0.25, 0.3) is 5.91 Å². The van der Waals surface area contributed by atoms with Crippen LogP contribution in [0.4, 0.5) is 0 Å². The van der Waals surface area contributed by atoms with E-state index in [9.17, 15) is 4.79 Å². The van der Waals surface area contributed by atoms with Crippen molar-refractivity contribution in [2.24, 2.45) is 0 Å². The number of likely N-dealkylation sites (N-methyl/N-ethyl adjacent to an activating group) is 1. The molecule has 0 spiro atoms. The number of nitrogens with zero attached hydrogens (tertiary/aromatic N) is 1. The maximum Gasteiger partial charge on any atom is 0.251 e. The molecule has 0 unspecified atom stereocenters. The minimum atomic E-state index is 0.0205. The largest absolute Gasteiger partial charge is 0.497 e. The van der Waals surface area contributed by atoms with Crippen molar-refractivity contribution in [3.8, 4) is 5.75 Å². The smallest absolute Gasteiger partial charge is 0.251 e. The predicted molar refractivity (Wildman–Crippen MR) is 207 cm³/mol. The first-order chi connectivity index (χ1) is 23.0. The zero-order valence-electron chi connectivity index (χ0n) is 32.2. The molecule has 1 amide bonds. The molecule has 0 aromatic heterocycles. The van der Waals surface area contributed by atoms with Gasteiger partial charge in [-0.05, 0) is 49.9 Å². The fraction of sp³-hybridized carbons (Fsp3) is 0.837. The molecular weight excluding hydrogens is 576 g/mol. The molecule has 0 aliphatic carbocycles. The van der Waals surface area contributed by atoms with Gasteiger partial charge in [-0.3, -0.25) is 4.79 Å². The quantitative estimate of drug-likeness (QED) is 0.0583. The number of methoxy groups -OCH3 is 1. The van der Waals surface area contributed by atoms with Gasteiger partial charge in [0, 0.05) is 5.56 Å². The summed E-state index contributed by atoms with van der Waals surface area (Å²) in [5, 5.41) is 3.20. The number of nitrogens with one attached hydrogen (secondary N) is 1. The number of carbonyl (C=O) groups is 1. The highest BCUT2D eigenvalue weighted by Crippen LogP contribution is 2.17. The number of amides is 1. The van der Waals surface area contributed by atoms with Crippen molar-refractivity contribution < 1.29 is 14.0 Å². The Labute approximate surface area is 294 Å². The van der Waals surface area contributed by atoms with Crippen LogP contribution in [0, 0.1) is 0 Å². The lowest BCUT2D eigenvalue weighted by Crippen LogP contribution is -2.50. The van der Waals surface area contributed by atoms with Crippen molar-refractivity contribution in [1.29, 1.82) is 0 Å². The number of benzene rings is 1. The Hall–Kier alpha value is -1.55. The summed E-state index contributed by atoms with van der Waals surface area (Å²) in [5.41, 5.74) is 0.707. The van der Waals surface area contributed by atoms with Crippen LogP contribution in [-0.2, 0) is 0 Å². The molecule has 1 aromatic carbocycles. The van der Waals surface area contributed by atoms with Gasteiger partial charge in [-0.15, -0.1) is 0 Å². The number of carbonyl (C=O) groups excluding carboxylic acids is 1. The summed E-state index contributed by atoms with van der Waals surface area (Å²) in [6, 6.07) is 7.43. The molecule has 0 aliphatic rings. The van der Waals surface area contributed by atoms with Gasteiger partial charge in [-0.25, -0.2) is 0 Å². The summed E-state index contributed by atoms with van der Waals surface area (Å²) in [6.45, 7) is 8.81. The molecule has 0 radical (unpaired) electrons. The van der Waals surface area contributed by atoms with Crippen LogP contribution in [0.1, 0.15) is 204 Å². The van der Waals surface area contributed by atoms with Gasteiger partial charge in [0.15, 0.2) is 0 Å². The SMILES string of the molecule is CCCCCCCCCCCCCCCC[N+](C)(CCCCCCCCCCCCCCCC)CCNC(=O)c1ccc(OC)cc1. The average molecular weight is 658 g/mol. The normalized spacial score (nSPS) is 11.7. The lowest BCUT2D eigenvalue weighted by atomic mass is 10.0. The first-order valence-corrected chi connectivity index (χ1v) is 20.8. The van der Waals surface area contributed by atoms with Gasteiger partial charge >= 0.3 is 0 Å². The Kier molecular flexibility index (Phi) is 29.3. The zero-order chi connectivity index (χ0) is 34.1. The summed E-state index contributed by atoms with van der Waals surface area (Å²) in [6.07, 6.45) is 39.4. The van der Waals surface area contributed by atoms with E-state index in [-0.39, 0.29) is 5.91 Å². The number of ether oxygens (including phenoxy) is 1. The number of quaternary nitrogens is 1. The first-order valence-electron chi connectivity index (χ1n) is 20.8. The van der Waals surface area contributed by atoms with Gasteiger partial charge in [-0.1, -0.05) is 168 Å². The van der Waals surface area contributed by atoms with E-state index in [0.29, 0.717) is 5.56 Å². The molecule has 0 bridgehead atoms. The highest BCUT2D eigenvalue weighted by Gasteiger charge is 2.21. The van der Waals surface area contributed by atoms with Crippen LogP contribution in [0.3, 0.4) is 0 Å². The third kappa shape index (κ3) is 26.1. The van der Waals surface area contributed by atoms with E-state index in [2.05, 4.69) is 26.2 Å². The summed E-state index contributed by atoms with van der Waals surface area (Å²) in [4.78, 5) is 12.8. The molecule has 0 fully saturated rings. The van der Waals surface area contributed by atoms with E-state index in [1.165, 1.54) is 193 Å². The Morgan fingerprint density at radius 3 is 1.15 bits per heavy atom. The molecule has 0 aliphatic heterocycles. The topological polar surface area (TPSA) is 38.3 Å². The Morgan fingerprint density at radius 2 is 0.830 bits per heavy atom. The lowest BCUT2D eigenvalue weighted by molar-refractivity contribution is -0.908. The monoisotopic (exact) mass is 658 g/mol. The third-order valence-electron chi connectivity index (χ3n) is 10.4. The van der Waals surface area contributed by atoms with Crippen molar-refractivity contribution in [3.05, 3.63) is 29.8 Å². The van der Waals surface area contributed by atoms with Crippen LogP contribution >= 0.6 is 0 Å². The third-order valence-corrected chi connectivity index (χ3v) is 10.4. The second-order valence-corrected chi connectivity index (χ2v) is 15.0. The van der Waals surface area contributed by atoms with Crippen molar-refractivity contribution in [2.75, 3.05) is 40.3 Å². The fourth-order valence-corrected chi connectivity index (χ4v) is 7.00. The Bertz CT molecular complexity index is 776. The molecular formula is C43H81N2O2+. The van der Waals surface area contributed by atoms with E-state index < -0.39 is 0 Å². The maximum atomic E-state index is 12.8. The number of hydrogen-bond donors (Lipinski definition) is 1. The molecule has 0 atom stereocenters. The molecule has 1 aromatic rings. The molecule has 0 heterocycles. The molecule has 4 nitrogen and oxygen atoms in total. The van der Waals surface area contributed by atoms with Crippen LogP contribution in [0.5, 0.6) is 5.75 Å². The van der Waals surface area contributed by atoms with Crippen LogP contribution in [0.15, 0.2) is 24.3 Å².